The second-order valence-electron chi connectivity index (χ2n) is 9.72. The van der Waals surface area contributed by atoms with Crippen LogP contribution in [0.4, 0.5) is 5.69 Å². The number of ketones is 1. The zero-order valence-electron chi connectivity index (χ0n) is 24.4. The van der Waals surface area contributed by atoms with E-state index in [-0.39, 0.29) is 23.0 Å². The number of ether oxygens (including phenoxy) is 3. The Bertz CT molecular complexity index is 1590. The number of hydrogen-bond donors (Lipinski definition) is 5. The molecule has 3 aromatic carbocycles. The normalized spacial score (nSPS) is 15.9. The summed E-state index contributed by atoms with van der Waals surface area (Å²) in [6, 6.07) is 17.6. The summed E-state index contributed by atoms with van der Waals surface area (Å²) in [6.45, 7) is 1.99. The molecule has 1 aliphatic rings. The van der Waals surface area contributed by atoms with Gasteiger partial charge in [-0.2, -0.15) is 5.10 Å². The van der Waals surface area contributed by atoms with E-state index in [2.05, 4.69) is 10.5 Å². The Morgan fingerprint density at radius 3 is 1.84 bits per heavy atom. The number of nitrogens with two attached hydrogens (primary N) is 1. The van der Waals surface area contributed by atoms with Crippen LogP contribution in [-0.4, -0.2) is 76.6 Å². The largest absolute Gasteiger partial charge is 0.497 e. The highest BCUT2D eigenvalue weighted by molar-refractivity contribution is 6.19. The lowest BCUT2D eigenvalue weighted by atomic mass is 9.86. The second-order valence-corrected chi connectivity index (χ2v) is 9.72. The highest BCUT2D eigenvalue weighted by atomic mass is 16.6. The van der Waals surface area contributed by atoms with Crippen LogP contribution in [0.3, 0.4) is 0 Å². The zero-order chi connectivity index (χ0) is 33.3. The Kier molecular flexibility index (Phi) is 11.0. The van der Waals surface area contributed by atoms with E-state index in [0.717, 1.165) is 29.1 Å². The lowest BCUT2D eigenvalue weighted by molar-refractivity contribution is -0.176. The van der Waals surface area contributed by atoms with E-state index in [9.17, 15) is 39.3 Å². The number of amides is 1. The number of nitrogens with zero attached hydrogens (tertiary/aromatic N) is 1. The second kappa shape index (κ2) is 14.6. The van der Waals surface area contributed by atoms with Crippen molar-refractivity contribution < 1.29 is 53.5 Å². The van der Waals surface area contributed by atoms with Crippen LogP contribution in [0.2, 0.25) is 0 Å². The van der Waals surface area contributed by atoms with Gasteiger partial charge in [-0.3, -0.25) is 9.59 Å². The summed E-state index contributed by atoms with van der Waals surface area (Å²) in [7, 11) is 2.75. The number of Topliss-reactive ketones (excluding diaryl/α,β-unsaturated/α-hetero) is 1. The first-order chi connectivity index (χ1) is 21.3. The predicted molar refractivity (Wildman–Crippen MR) is 159 cm³/mol. The first-order valence-electron chi connectivity index (χ1n) is 13.3. The van der Waals surface area contributed by atoms with Gasteiger partial charge in [-0.1, -0.05) is 19.1 Å². The monoisotopic (exact) mass is 621 g/mol. The highest BCUT2D eigenvalue weighted by Crippen LogP contribution is 2.27. The van der Waals surface area contributed by atoms with Gasteiger partial charge in [0.1, 0.15) is 11.5 Å². The van der Waals surface area contributed by atoms with Crippen molar-refractivity contribution in [2.45, 2.75) is 25.0 Å². The molecule has 0 spiro atoms. The number of hydrazone groups is 1. The maximum atomic E-state index is 13.0. The van der Waals surface area contributed by atoms with E-state index in [1.54, 1.807) is 0 Å². The Balaban J connectivity index is 0.000000305. The summed E-state index contributed by atoms with van der Waals surface area (Å²) in [5.74, 6) is -6.14. The number of esters is 1. The number of hydrogen-bond acceptors (Lipinski definition) is 11. The number of carbonyl (C=O) groups excluding carboxylic acids is 3. The zero-order valence-corrected chi connectivity index (χ0v) is 24.4. The number of carbonyl (C=O) groups is 5. The SMILES string of the molecule is CC1CC(=O)NN=C1c1ccc(N)cc1.COc1ccc(C(=O)O[C@@](C(=O)O)(C(=O)c2ccc(OC)cc2)[C@H](O)C(=O)O)cc1. The minimum absolute atomic E-state index is 0.0262. The molecule has 3 atom stereocenters. The highest BCUT2D eigenvalue weighted by Gasteiger charge is 2.59. The summed E-state index contributed by atoms with van der Waals surface area (Å²) >= 11 is 0. The topological polar surface area (TPSA) is 224 Å². The van der Waals surface area contributed by atoms with E-state index in [0.29, 0.717) is 17.9 Å². The molecule has 6 N–H and O–H groups in total. The molecule has 0 aliphatic carbocycles. The number of aliphatic hydroxyl groups excluding tert-OH is 1. The average molecular weight is 622 g/mol. The number of nitrogens with one attached hydrogen (secondary N) is 1. The molecule has 1 unspecified atom stereocenters. The van der Waals surface area contributed by atoms with Gasteiger partial charge in [-0.15, -0.1) is 0 Å². The molecule has 3 aromatic rings. The van der Waals surface area contributed by atoms with Gasteiger partial charge in [0.05, 0.1) is 25.5 Å². The van der Waals surface area contributed by atoms with Crippen LogP contribution >= 0.6 is 0 Å². The van der Waals surface area contributed by atoms with Gasteiger partial charge in [0.25, 0.3) is 0 Å². The van der Waals surface area contributed by atoms with Crippen LogP contribution in [0.1, 0.15) is 39.6 Å². The van der Waals surface area contributed by atoms with Gasteiger partial charge in [-0.25, -0.2) is 19.8 Å². The van der Waals surface area contributed by atoms with Gasteiger partial charge in [0.2, 0.25) is 17.8 Å². The van der Waals surface area contributed by atoms with Crippen LogP contribution in [0.5, 0.6) is 11.5 Å². The van der Waals surface area contributed by atoms with E-state index in [1.807, 2.05) is 31.2 Å². The van der Waals surface area contributed by atoms with Crippen molar-refractivity contribution >= 4 is 41.0 Å². The summed E-state index contributed by atoms with van der Waals surface area (Å²) in [6.07, 6.45) is -2.39. The molecule has 45 heavy (non-hydrogen) atoms. The smallest absolute Gasteiger partial charge is 0.360 e. The van der Waals surface area contributed by atoms with Crippen LogP contribution in [-0.2, 0) is 19.1 Å². The molecular weight excluding hydrogens is 590 g/mol. The summed E-state index contributed by atoms with van der Waals surface area (Å²) in [5, 5.41) is 33.1. The van der Waals surface area contributed by atoms with Crippen molar-refractivity contribution in [3.8, 4) is 11.5 Å². The molecule has 0 radical (unpaired) electrons. The minimum atomic E-state index is -3.43. The van der Waals surface area contributed by atoms with Crippen molar-refractivity contribution in [3.05, 3.63) is 89.5 Å². The van der Waals surface area contributed by atoms with Gasteiger partial charge in [0, 0.05) is 23.6 Å². The number of benzene rings is 3. The fraction of sp³-hybridized carbons (Fsp3) is 0.226. The Morgan fingerprint density at radius 2 is 1.40 bits per heavy atom. The number of nitrogen functional groups attached to an aromatic ring is 1. The third-order valence-corrected chi connectivity index (χ3v) is 6.67. The Hall–Kier alpha value is -5.76. The van der Waals surface area contributed by atoms with Crippen LogP contribution in [0, 0.1) is 5.92 Å². The average Bonchev–Trinajstić information content (AvgIpc) is 3.03. The maximum absolute atomic E-state index is 13.0. The maximum Gasteiger partial charge on any atom is 0.360 e. The van der Waals surface area contributed by atoms with E-state index < -0.39 is 35.4 Å². The standard InChI is InChI=1S/C20H18O10.C11H13N3O/c1-28-13-7-3-11(4-8-13)15(21)20(19(26)27,16(22)17(23)24)30-18(25)12-5-9-14(29-2)10-6-12;1-7-6-10(15)13-14-11(7)8-2-4-9(12)5-3-8/h3-10,16,22H,1-2H3,(H,23,24)(H,26,27);2-5,7H,6,12H2,1H3,(H,13,15)/t16-,20+;/m1./s1. The fourth-order valence-electron chi connectivity index (χ4n) is 4.20. The van der Waals surface area contributed by atoms with Crippen molar-refractivity contribution in [1.82, 2.24) is 5.43 Å². The molecule has 1 amide bonds. The number of methoxy groups -OCH3 is 2. The third kappa shape index (κ3) is 7.80. The molecule has 0 bridgehead atoms. The molecular formula is C31H31N3O11. The lowest BCUT2D eigenvalue weighted by Gasteiger charge is -2.30. The van der Waals surface area contributed by atoms with Crippen molar-refractivity contribution in [2.24, 2.45) is 11.0 Å². The van der Waals surface area contributed by atoms with Crippen LogP contribution < -0.4 is 20.6 Å². The van der Waals surface area contributed by atoms with Gasteiger partial charge in [0.15, 0.2) is 0 Å². The first-order valence-corrected chi connectivity index (χ1v) is 13.3. The summed E-state index contributed by atoms with van der Waals surface area (Å²) in [5.41, 5.74) is 6.80. The molecule has 14 heteroatoms. The number of aliphatic hydroxyl groups is 1. The molecule has 0 aromatic heterocycles. The molecule has 1 aliphatic heterocycles. The van der Waals surface area contributed by atoms with Crippen molar-refractivity contribution in [2.75, 3.05) is 20.0 Å². The number of rotatable bonds is 10. The van der Waals surface area contributed by atoms with Gasteiger partial charge >= 0.3 is 23.5 Å². The van der Waals surface area contributed by atoms with Gasteiger partial charge < -0.3 is 35.3 Å². The number of aliphatic carboxylic acids is 2. The fourth-order valence-corrected chi connectivity index (χ4v) is 4.20. The van der Waals surface area contributed by atoms with E-state index in [1.165, 1.54) is 50.6 Å². The number of carboxylic acids is 2. The summed E-state index contributed by atoms with van der Waals surface area (Å²) < 4.78 is 14.8. The molecule has 236 valence electrons. The molecule has 0 saturated carbocycles. The van der Waals surface area contributed by atoms with Crippen LogP contribution in [0.25, 0.3) is 0 Å². The Labute approximate surface area is 257 Å². The van der Waals surface area contributed by atoms with Crippen LogP contribution in [0.15, 0.2) is 77.9 Å². The quantitative estimate of drug-likeness (QED) is 0.0950. The number of anilines is 1. The van der Waals surface area contributed by atoms with E-state index >= 15 is 0 Å². The Morgan fingerprint density at radius 1 is 0.889 bits per heavy atom. The molecule has 0 fully saturated rings. The van der Waals surface area contributed by atoms with Crippen molar-refractivity contribution in [3.63, 3.8) is 0 Å². The first kappa shape index (κ1) is 33.7. The van der Waals surface area contributed by atoms with Gasteiger partial charge in [-0.05, 0) is 66.2 Å². The summed E-state index contributed by atoms with van der Waals surface area (Å²) in [4.78, 5) is 60.0. The number of carboxylic acid groups (broad SMARTS) is 2. The molecule has 4 rings (SSSR count). The van der Waals surface area contributed by atoms with Crippen molar-refractivity contribution in [1.29, 1.82) is 0 Å². The third-order valence-electron chi connectivity index (χ3n) is 6.67. The lowest BCUT2D eigenvalue weighted by Crippen LogP contribution is -2.61. The minimum Gasteiger partial charge on any atom is -0.497 e. The van der Waals surface area contributed by atoms with E-state index in [4.69, 9.17) is 19.9 Å². The molecule has 14 nitrogen and oxygen atoms in total. The predicted octanol–water partition coefficient (Wildman–Crippen LogP) is 2.14. The molecule has 0 saturated heterocycles. The molecule has 1 heterocycles.